The van der Waals surface area contributed by atoms with Crippen LogP contribution in [0.2, 0.25) is 5.15 Å². The first kappa shape index (κ1) is 15.5. The second-order valence-electron chi connectivity index (χ2n) is 5.88. The molecule has 0 aliphatic carbocycles. The molecule has 1 heterocycles. The van der Waals surface area contributed by atoms with Crippen LogP contribution in [0.1, 0.15) is 42.4 Å². The van der Waals surface area contributed by atoms with Crippen molar-refractivity contribution in [1.82, 2.24) is 4.98 Å². The summed E-state index contributed by atoms with van der Waals surface area (Å²) < 4.78 is 5.31. The Bertz CT molecular complexity index is 633. The number of ether oxygens (including phenoxy) is 1. The van der Waals surface area contributed by atoms with E-state index in [0.29, 0.717) is 10.7 Å². The molecule has 0 unspecified atom stereocenters. The smallest absolute Gasteiger partial charge is 0.338 e. The maximum atomic E-state index is 12.1. The minimum atomic E-state index is -0.395. The number of hydrogen-bond acceptors (Lipinski definition) is 3. The molecule has 1 aromatic heterocycles. The van der Waals surface area contributed by atoms with E-state index in [-0.39, 0.29) is 12.0 Å². The van der Waals surface area contributed by atoms with Crippen LogP contribution in [0.5, 0.6) is 0 Å². The Morgan fingerprint density at radius 2 is 1.86 bits per heavy atom. The third-order valence-electron chi connectivity index (χ3n) is 3.01. The fraction of sp³-hybridized carbons (Fsp3) is 0.294. The number of halogens is 1. The number of pyridine rings is 1. The van der Waals surface area contributed by atoms with Gasteiger partial charge in [-0.3, -0.25) is 0 Å². The highest BCUT2D eigenvalue weighted by Gasteiger charge is 2.19. The standard InChI is InChI=1S/C17H18ClNO2/c1-17(2,3)14-9-13(10-15(18)19-14)16(20)21-11-12-7-5-4-6-8-12/h4-10H,11H2,1-3H3. The van der Waals surface area contributed by atoms with Gasteiger partial charge >= 0.3 is 5.97 Å². The van der Waals surface area contributed by atoms with E-state index in [9.17, 15) is 4.79 Å². The SMILES string of the molecule is CC(C)(C)c1cc(C(=O)OCc2ccccc2)cc(Cl)n1. The Balaban J connectivity index is 2.14. The first-order valence-corrected chi connectivity index (χ1v) is 7.13. The molecule has 0 saturated carbocycles. The van der Waals surface area contributed by atoms with Crippen LogP contribution in [0.15, 0.2) is 42.5 Å². The zero-order chi connectivity index (χ0) is 15.5. The van der Waals surface area contributed by atoms with E-state index in [0.717, 1.165) is 11.3 Å². The molecule has 21 heavy (non-hydrogen) atoms. The van der Waals surface area contributed by atoms with Gasteiger partial charge in [-0.15, -0.1) is 0 Å². The van der Waals surface area contributed by atoms with Crippen molar-refractivity contribution in [2.24, 2.45) is 0 Å². The average molecular weight is 304 g/mol. The summed E-state index contributed by atoms with van der Waals surface area (Å²) in [6, 6.07) is 12.8. The summed E-state index contributed by atoms with van der Waals surface area (Å²) in [4.78, 5) is 16.4. The molecule has 0 saturated heterocycles. The zero-order valence-corrected chi connectivity index (χ0v) is 13.1. The summed E-state index contributed by atoms with van der Waals surface area (Å²) >= 11 is 6.00. The average Bonchev–Trinajstić information content (AvgIpc) is 2.44. The van der Waals surface area contributed by atoms with Gasteiger partial charge in [0.05, 0.1) is 5.56 Å². The van der Waals surface area contributed by atoms with E-state index in [1.165, 1.54) is 6.07 Å². The number of aromatic nitrogens is 1. The second kappa shape index (κ2) is 6.27. The van der Waals surface area contributed by atoms with Crippen LogP contribution in [0.3, 0.4) is 0 Å². The highest BCUT2D eigenvalue weighted by Crippen LogP contribution is 2.23. The van der Waals surface area contributed by atoms with Crippen molar-refractivity contribution in [1.29, 1.82) is 0 Å². The van der Waals surface area contributed by atoms with Gasteiger partial charge in [-0.05, 0) is 17.7 Å². The van der Waals surface area contributed by atoms with E-state index in [1.54, 1.807) is 6.07 Å². The summed E-state index contributed by atoms with van der Waals surface area (Å²) in [5, 5.41) is 0.300. The van der Waals surface area contributed by atoms with Crippen molar-refractivity contribution in [2.75, 3.05) is 0 Å². The van der Waals surface area contributed by atoms with E-state index in [2.05, 4.69) is 4.98 Å². The third-order valence-corrected chi connectivity index (χ3v) is 3.20. The second-order valence-corrected chi connectivity index (χ2v) is 6.26. The van der Waals surface area contributed by atoms with Crippen molar-refractivity contribution in [3.8, 4) is 0 Å². The van der Waals surface area contributed by atoms with Crippen molar-refractivity contribution in [3.63, 3.8) is 0 Å². The molecule has 0 N–H and O–H groups in total. The molecule has 0 amide bonds. The summed E-state index contributed by atoms with van der Waals surface area (Å²) in [7, 11) is 0. The van der Waals surface area contributed by atoms with Crippen molar-refractivity contribution in [2.45, 2.75) is 32.8 Å². The zero-order valence-electron chi connectivity index (χ0n) is 12.4. The fourth-order valence-corrected chi connectivity index (χ4v) is 2.01. The number of carbonyl (C=O) groups is 1. The summed E-state index contributed by atoms with van der Waals surface area (Å²) in [5.41, 5.74) is 1.96. The normalized spacial score (nSPS) is 11.2. The lowest BCUT2D eigenvalue weighted by Gasteiger charge is -2.18. The fourth-order valence-electron chi connectivity index (χ4n) is 1.81. The first-order chi connectivity index (χ1) is 9.86. The summed E-state index contributed by atoms with van der Waals surface area (Å²) in [6.45, 7) is 6.30. The Morgan fingerprint density at radius 1 is 1.19 bits per heavy atom. The molecule has 4 heteroatoms. The number of hydrogen-bond donors (Lipinski definition) is 0. The number of nitrogens with zero attached hydrogens (tertiary/aromatic N) is 1. The third kappa shape index (κ3) is 4.30. The lowest BCUT2D eigenvalue weighted by molar-refractivity contribution is 0.0472. The quantitative estimate of drug-likeness (QED) is 0.623. The van der Waals surface area contributed by atoms with Gasteiger partial charge in [0.25, 0.3) is 0 Å². The van der Waals surface area contributed by atoms with Crippen LogP contribution >= 0.6 is 11.6 Å². The first-order valence-electron chi connectivity index (χ1n) is 6.75. The molecule has 0 bridgehead atoms. The van der Waals surface area contributed by atoms with Crippen LogP contribution in [-0.2, 0) is 16.8 Å². The van der Waals surface area contributed by atoms with E-state index in [4.69, 9.17) is 16.3 Å². The minimum Gasteiger partial charge on any atom is -0.457 e. The van der Waals surface area contributed by atoms with Crippen LogP contribution in [0.25, 0.3) is 0 Å². The Kier molecular flexibility index (Phi) is 4.63. The highest BCUT2D eigenvalue weighted by atomic mass is 35.5. The number of esters is 1. The minimum absolute atomic E-state index is 0.181. The molecule has 0 aliphatic heterocycles. The Morgan fingerprint density at radius 3 is 2.48 bits per heavy atom. The van der Waals surface area contributed by atoms with Gasteiger partial charge < -0.3 is 4.74 Å². The van der Waals surface area contributed by atoms with Crippen molar-refractivity contribution < 1.29 is 9.53 Å². The molecule has 0 atom stereocenters. The summed E-state index contributed by atoms with van der Waals surface area (Å²) in [5.74, 6) is -0.395. The predicted molar refractivity (Wildman–Crippen MR) is 83.5 cm³/mol. The monoisotopic (exact) mass is 303 g/mol. The van der Waals surface area contributed by atoms with Gasteiger partial charge in [-0.2, -0.15) is 0 Å². The Hall–Kier alpha value is -1.87. The van der Waals surface area contributed by atoms with Gasteiger partial charge in [-0.25, -0.2) is 9.78 Å². The van der Waals surface area contributed by atoms with Crippen LogP contribution in [-0.4, -0.2) is 11.0 Å². The molecular formula is C17H18ClNO2. The largest absolute Gasteiger partial charge is 0.457 e. The lowest BCUT2D eigenvalue weighted by atomic mass is 9.91. The maximum Gasteiger partial charge on any atom is 0.338 e. The Labute approximate surface area is 129 Å². The van der Waals surface area contributed by atoms with Crippen LogP contribution in [0, 0.1) is 0 Å². The lowest BCUT2D eigenvalue weighted by Crippen LogP contribution is -2.15. The molecule has 2 rings (SSSR count). The molecule has 2 aromatic rings. The number of rotatable bonds is 3. The molecule has 0 radical (unpaired) electrons. The highest BCUT2D eigenvalue weighted by molar-refractivity contribution is 6.29. The maximum absolute atomic E-state index is 12.1. The topological polar surface area (TPSA) is 39.2 Å². The molecule has 0 fully saturated rings. The summed E-state index contributed by atoms with van der Waals surface area (Å²) in [6.07, 6.45) is 0. The van der Waals surface area contributed by atoms with Crippen molar-refractivity contribution in [3.05, 3.63) is 64.4 Å². The van der Waals surface area contributed by atoms with Gasteiger partial charge in [0, 0.05) is 11.1 Å². The molecule has 3 nitrogen and oxygen atoms in total. The van der Waals surface area contributed by atoms with Crippen molar-refractivity contribution >= 4 is 17.6 Å². The van der Waals surface area contributed by atoms with Crippen LogP contribution < -0.4 is 0 Å². The van der Waals surface area contributed by atoms with Gasteiger partial charge in [0.15, 0.2) is 0 Å². The molecule has 110 valence electrons. The van der Waals surface area contributed by atoms with Gasteiger partial charge in [-0.1, -0.05) is 62.7 Å². The van der Waals surface area contributed by atoms with Gasteiger partial charge in [0.1, 0.15) is 11.8 Å². The van der Waals surface area contributed by atoms with Gasteiger partial charge in [0.2, 0.25) is 0 Å². The van der Waals surface area contributed by atoms with Crippen LogP contribution in [0.4, 0.5) is 0 Å². The van der Waals surface area contributed by atoms with E-state index in [1.807, 2.05) is 51.1 Å². The number of carbonyl (C=O) groups excluding carboxylic acids is 1. The number of benzene rings is 1. The molecule has 0 spiro atoms. The van der Waals surface area contributed by atoms with E-state index >= 15 is 0 Å². The molecule has 1 aromatic carbocycles. The molecule has 0 aliphatic rings. The molecular weight excluding hydrogens is 286 g/mol. The van der Waals surface area contributed by atoms with E-state index < -0.39 is 5.97 Å². The predicted octanol–water partition coefficient (Wildman–Crippen LogP) is 4.39.